The molecule has 0 aliphatic carbocycles. The van der Waals surface area contributed by atoms with Crippen molar-refractivity contribution in [1.82, 2.24) is 20.0 Å². The van der Waals surface area contributed by atoms with E-state index in [1.54, 1.807) is 25.7 Å². The molecule has 2 aromatic carbocycles. The van der Waals surface area contributed by atoms with Crippen molar-refractivity contribution in [2.75, 3.05) is 51.2 Å². The first-order valence-electron chi connectivity index (χ1n) is 21.7. The number of benzene rings is 2. The SMILES string of the molecule is C.CC(C)(C)OC(=O)N1CCC(C#N)(NC(=O)c2cccc3c2OC(F)(F)O3)CC1.CC(C)(C)OC(=O)N1CCC(N)(C#N)CC1.CCN(CC)CC.ClCCl.O=C(Cl)c1cccc2c1OC(F)(F)O2. The van der Waals surface area contributed by atoms with E-state index in [1.165, 1.54) is 60.9 Å². The number of nitrogens with one attached hydrogen (secondary N) is 1. The number of halogens is 7. The van der Waals surface area contributed by atoms with E-state index in [2.05, 4.69) is 62.1 Å². The van der Waals surface area contributed by atoms with Crippen molar-refractivity contribution in [3.05, 3.63) is 47.5 Å². The quantitative estimate of drug-likeness (QED) is 0.156. The van der Waals surface area contributed by atoms with Crippen LogP contribution in [0, 0.1) is 22.7 Å². The van der Waals surface area contributed by atoms with E-state index in [4.69, 9.17) is 55.3 Å². The van der Waals surface area contributed by atoms with Gasteiger partial charge >= 0.3 is 24.8 Å². The molecule has 2 aromatic rings. The average molecular weight is 1060 g/mol. The van der Waals surface area contributed by atoms with Crippen molar-refractivity contribution in [2.45, 2.75) is 130 Å². The van der Waals surface area contributed by atoms with E-state index in [9.17, 15) is 42.0 Å². The minimum absolute atomic E-state index is 0. The summed E-state index contributed by atoms with van der Waals surface area (Å²) >= 11 is 14.7. The molecule has 0 aromatic heterocycles. The Balaban J connectivity index is 0.000000506. The van der Waals surface area contributed by atoms with Gasteiger partial charge in [-0.1, -0.05) is 40.3 Å². The van der Waals surface area contributed by atoms with E-state index in [0.29, 0.717) is 25.9 Å². The molecule has 4 aliphatic heterocycles. The highest BCUT2D eigenvalue weighted by molar-refractivity contribution is 6.68. The molecule has 6 rings (SSSR count). The fourth-order valence-corrected chi connectivity index (χ4v) is 6.57. The number of carbonyl (C=O) groups excluding carboxylic acids is 4. The van der Waals surface area contributed by atoms with Gasteiger partial charge in [0.15, 0.2) is 23.0 Å². The zero-order chi connectivity index (χ0) is 52.6. The summed E-state index contributed by atoms with van der Waals surface area (Å²) in [7, 11) is 0. The number of hydrogen-bond acceptors (Lipinski definition) is 14. The third-order valence-corrected chi connectivity index (χ3v) is 10.2. The highest BCUT2D eigenvalue weighted by Crippen LogP contribution is 2.44. The van der Waals surface area contributed by atoms with Crippen LogP contribution in [0.3, 0.4) is 0 Å². The lowest BCUT2D eigenvalue weighted by Gasteiger charge is -2.38. The molecule has 2 saturated heterocycles. The molecule has 70 heavy (non-hydrogen) atoms. The molecule has 4 aliphatic rings. The topological polar surface area (TPSA) is 219 Å². The number of para-hydroxylation sites is 2. The number of piperidine rings is 2. The first-order chi connectivity index (χ1) is 31.9. The van der Waals surface area contributed by atoms with E-state index in [0.717, 1.165) is 0 Å². The zero-order valence-corrected chi connectivity index (χ0v) is 42.3. The predicted octanol–water partition coefficient (Wildman–Crippen LogP) is 10.1. The Morgan fingerprint density at radius 2 is 1.09 bits per heavy atom. The third kappa shape index (κ3) is 19.9. The van der Waals surface area contributed by atoms with Crippen molar-refractivity contribution in [1.29, 1.82) is 10.5 Å². The van der Waals surface area contributed by atoms with Crippen LogP contribution in [0.15, 0.2) is 36.4 Å². The fraction of sp³-hybridized carbons (Fsp3) is 0.609. The Kier molecular flexibility index (Phi) is 24.1. The monoisotopic (exact) mass is 1060 g/mol. The summed E-state index contributed by atoms with van der Waals surface area (Å²) in [4.78, 5) is 52.8. The number of fused-ring (bicyclic) bond motifs is 2. The summed E-state index contributed by atoms with van der Waals surface area (Å²) in [5.41, 5.74) is 2.35. The Bertz CT molecular complexity index is 2140. The van der Waals surface area contributed by atoms with Crippen LogP contribution in [0.25, 0.3) is 0 Å². The molecule has 2 fully saturated rings. The number of nitrogens with two attached hydrogens (primary N) is 1. The molecule has 24 heteroatoms. The summed E-state index contributed by atoms with van der Waals surface area (Å²) in [6, 6.07) is 12.0. The molecule has 4 heterocycles. The van der Waals surface area contributed by atoms with E-state index in [1.807, 2.05) is 20.8 Å². The summed E-state index contributed by atoms with van der Waals surface area (Å²) < 4.78 is 79.4. The molecule has 392 valence electrons. The Hall–Kier alpha value is -5.19. The first kappa shape index (κ1) is 62.8. The van der Waals surface area contributed by atoms with Crippen LogP contribution >= 0.6 is 34.8 Å². The Morgan fingerprint density at radius 3 is 1.41 bits per heavy atom. The van der Waals surface area contributed by atoms with Gasteiger partial charge in [0.05, 0.1) is 28.6 Å². The number of alkyl halides is 6. The van der Waals surface area contributed by atoms with Crippen LogP contribution in [0.4, 0.5) is 27.2 Å². The maximum atomic E-state index is 13.3. The Morgan fingerprint density at radius 1 is 0.714 bits per heavy atom. The smallest absolute Gasteiger partial charge is 0.444 e. The van der Waals surface area contributed by atoms with Gasteiger partial charge in [-0.25, -0.2) is 9.59 Å². The summed E-state index contributed by atoms with van der Waals surface area (Å²) in [5.74, 6) is -1.89. The minimum atomic E-state index is -3.86. The zero-order valence-electron chi connectivity index (χ0n) is 40.0. The second-order valence-electron chi connectivity index (χ2n) is 17.4. The van der Waals surface area contributed by atoms with Crippen LogP contribution in [-0.4, -0.2) is 124 Å². The largest absolute Gasteiger partial charge is 0.586 e. The molecular weight excluding hydrogens is 993 g/mol. The van der Waals surface area contributed by atoms with Gasteiger partial charge in [-0.15, -0.1) is 40.8 Å². The van der Waals surface area contributed by atoms with Gasteiger partial charge in [0.1, 0.15) is 22.3 Å². The fourth-order valence-electron chi connectivity index (χ4n) is 6.42. The molecule has 3 amide bonds. The number of hydrogen-bond donors (Lipinski definition) is 2. The van der Waals surface area contributed by atoms with E-state index < -0.39 is 52.1 Å². The lowest BCUT2D eigenvalue weighted by Crippen LogP contribution is -2.55. The van der Waals surface area contributed by atoms with Crippen molar-refractivity contribution in [3.8, 4) is 35.1 Å². The molecule has 0 saturated carbocycles. The standard InChI is InChI=1S/C19H21F2N3O5.C11H19N3O2.C8H3ClF2O3.C6H15N.CH2Cl2.CH4/c1-17(2,3)29-16(26)24-9-7-18(11-22,8-10-24)23-15(25)12-5-4-6-13-14(12)28-19(20,21)27-13;1-10(2,3)16-9(15)14-6-4-11(13,8-12)5-7-14;9-7(12)4-2-1-3-5-6(4)14-8(10,11)13-5;1-4-7(5-2)6-3;2-1-3;/h4-6H,7-10H2,1-3H3,(H,23,25);4-7,13H2,1-3H3;1-3H;4-6H2,1-3H3;1H2;1H4. The van der Waals surface area contributed by atoms with Crippen molar-refractivity contribution in [3.63, 3.8) is 0 Å². The van der Waals surface area contributed by atoms with Crippen molar-refractivity contribution < 1.29 is 65.2 Å². The normalized spacial score (nSPS) is 17.2. The van der Waals surface area contributed by atoms with Gasteiger partial charge in [0.2, 0.25) is 0 Å². The van der Waals surface area contributed by atoms with E-state index in [-0.39, 0.29) is 78.9 Å². The van der Waals surface area contributed by atoms with Gasteiger partial charge < -0.3 is 54.2 Å². The van der Waals surface area contributed by atoms with Crippen LogP contribution in [0.2, 0.25) is 0 Å². The van der Waals surface area contributed by atoms with Crippen LogP contribution < -0.4 is 30.0 Å². The van der Waals surface area contributed by atoms with Crippen LogP contribution in [-0.2, 0) is 9.47 Å². The number of likely N-dealkylation sites (tertiary alicyclic amines) is 2. The maximum Gasteiger partial charge on any atom is 0.586 e. The number of amides is 3. The summed E-state index contributed by atoms with van der Waals surface area (Å²) in [6.45, 7) is 22.2. The number of nitrogens with zero attached hydrogens (tertiary/aromatic N) is 5. The highest BCUT2D eigenvalue weighted by atomic mass is 35.5. The molecule has 0 spiro atoms. The van der Waals surface area contributed by atoms with Crippen LogP contribution in [0.5, 0.6) is 23.0 Å². The Labute approximate surface area is 422 Å². The molecule has 0 unspecified atom stereocenters. The average Bonchev–Trinajstić information content (AvgIpc) is 3.77. The highest BCUT2D eigenvalue weighted by Gasteiger charge is 2.47. The lowest BCUT2D eigenvalue weighted by molar-refractivity contribution is -0.287. The first-order valence-corrected chi connectivity index (χ1v) is 23.1. The molecular formula is C46H64Cl3F4N7O10. The van der Waals surface area contributed by atoms with Crippen molar-refractivity contribution in [2.24, 2.45) is 5.73 Å². The molecule has 0 radical (unpaired) electrons. The predicted molar refractivity (Wildman–Crippen MR) is 255 cm³/mol. The van der Waals surface area contributed by atoms with Gasteiger partial charge in [0, 0.05) is 39.0 Å². The number of nitriles is 2. The number of ether oxygens (including phenoxy) is 6. The van der Waals surface area contributed by atoms with Gasteiger partial charge in [-0.2, -0.15) is 10.5 Å². The van der Waals surface area contributed by atoms with Crippen molar-refractivity contribution >= 4 is 58.1 Å². The lowest BCUT2D eigenvalue weighted by atomic mass is 9.88. The summed E-state index contributed by atoms with van der Waals surface area (Å²) in [5, 5.41) is 20.4. The second kappa shape index (κ2) is 26.9. The third-order valence-electron chi connectivity index (χ3n) is 10.0. The molecule has 0 bridgehead atoms. The minimum Gasteiger partial charge on any atom is -0.444 e. The van der Waals surface area contributed by atoms with E-state index >= 15 is 0 Å². The van der Waals surface area contributed by atoms with Gasteiger partial charge in [-0.05, 0) is 110 Å². The molecule has 0 atom stereocenters. The van der Waals surface area contributed by atoms with Gasteiger partial charge in [0.25, 0.3) is 11.1 Å². The van der Waals surface area contributed by atoms with Crippen LogP contribution in [0.1, 0.15) is 116 Å². The molecule has 17 nitrogen and oxygen atoms in total. The maximum absolute atomic E-state index is 13.3. The second-order valence-corrected chi connectivity index (χ2v) is 18.6. The molecule has 3 N–H and O–H groups in total. The van der Waals surface area contributed by atoms with Gasteiger partial charge in [-0.3, -0.25) is 9.59 Å². The number of carbonyl (C=O) groups is 4. The number of rotatable bonds is 6. The summed E-state index contributed by atoms with van der Waals surface area (Å²) in [6.07, 6.45) is -7.08.